The van der Waals surface area contributed by atoms with Crippen molar-refractivity contribution in [2.45, 2.75) is 13.3 Å². The van der Waals surface area contributed by atoms with Crippen LogP contribution in [0.5, 0.6) is 5.75 Å². The lowest BCUT2D eigenvalue weighted by Crippen LogP contribution is -2.28. The molecule has 2 aromatic rings. The summed E-state index contributed by atoms with van der Waals surface area (Å²) in [6, 6.07) is 13.1. The molecule has 1 aliphatic heterocycles. The van der Waals surface area contributed by atoms with Crippen molar-refractivity contribution in [3.63, 3.8) is 0 Å². The van der Waals surface area contributed by atoms with Crippen molar-refractivity contribution in [1.29, 1.82) is 0 Å². The van der Waals surface area contributed by atoms with Gasteiger partial charge in [0.25, 0.3) is 5.69 Å². The second-order valence-electron chi connectivity index (χ2n) is 6.07. The van der Waals surface area contributed by atoms with Gasteiger partial charge in [0, 0.05) is 19.0 Å². The molecule has 140 valence electrons. The Labute approximate surface area is 155 Å². The first-order valence-electron chi connectivity index (χ1n) is 8.57. The maximum atomic E-state index is 12.6. The maximum absolute atomic E-state index is 12.6. The largest absolute Gasteiger partial charge is 0.492 e. The molecule has 0 radical (unpaired) electrons. The third-order valence-electron chi connectivity index (χ3n) is 4.31. The predicted octanol–water partition coefficient (Wildman–Crippen LogP) is 2.99. The van der Waals surface area contributed by atoms with Crippen LogP contribution < -0.4 is 15.0 Å². The van der Waals surface area contributed by atoms with Gasteiger partial charge in [-0.3, -0.25) is 19.7 Å². The SMILES string of the molecule is CCOc1ccccc1N1CC(C(=O)Nc2ccccc2[N+](=O)[O-])CC1=O. The number of hydrogen-bond donors (Lipinski definition) is 1. The molecule has 8 nitrogen and oxygen atoms in total. The molecule has 0 bridgehead atoms. The Bertz CT molecular complexity index is 883. The number of nitrogens with zero attached hydrogens (tertiary/aromatic N) is 2. The molecule has 1 atom stereocenters. The van der Waals surface area contributed by atoms with Gasteiger partial charge in [-0.1, -0.05) is 24.3 Å². The van der Waals surface area contributed by atoms with Gasteiger partial charge in [0.15, 0.2) is 0 Å². The number of carbonyl (C=O) groups is 2. The highest BCUT2D eigenvalue weighted by atomic mass is 16.6. The van der Waals surface area contributed by atoms with Gasteiger partial charge in [-0.15, -0.1) is 0 Å². The maximum Gasteiger partial charge on any atom is 0.292 e. The molecule has 2 amide bonds. The number of nitro groups is 1. The van der Waals surface area contributed by atoms with Crippen LogP contribution in [0.4, 0.5) is 17.1 Å². The Balaban J connectivity index is 1.76. The zero-order valence-electron chi connectivity index (χ0n) is 14.8. The molecule has 0 spiro atoms. The third-order valence-corrected chi connectivity index (χ3v) is 4.31. The topological polar surface area (TPSA) is 102 Å². The number of carbonyl (C=O) groups excluding carboxylic acids is 2. The molecule has 1 aliphatic rings. The number of nitrogens with one attached hydrogen (secondary N) is 1. The summed E-state index contributed by atoms with van der Waals surface area (Å²) in [6.07, 6.45) is 0.0346. The number of ether oxygens (including phenoxy) is 1. The summed E-state index contributed by atoms with van der Waals surface area (Å²) in [5, 5.41) is 13.7. The Hall–Kier alpha value is -3.42. The third kappa shape index (κ3) is 3.89. The summed E-state index contributed by atoms with van der Waals surface area (Å²) in [7, 11) is 0. The zero-order valence-corrected chi connectivity index (χ0v) is 14.8. The van der Waals surface area contributed by atoms with Crippen molar-refractivity contribution in [3.8, 4) is 5.75 Å². The van der Waals surface area contributed by atoms with Crippen molar-refractivity contribution in [3.05, 3.63) is 58.6 Å². The van der Waals surface area contributed by atoms with E-state index >= 15 is 0 Å². The second-order valence-corrected chi connectivity index (χ2v) is 6.07. The molecular formula is C19H19N3O5. The molecule has 3 rings (SSSR count). The first-order valence-corrected chi connectivity index (χ1v) is 8.57. The van der Waals surface area contributed by atoms with Crippen molar-refractivity contribution < 1.29 is 19.2 Å². The molecule has 1 heterocycles. The van der Waals surface area contributed by atoms with Crippen LogP contribution in [-0.4, -0.2) is 29.9 Å². The van der Waals surface area contributed by atoms with E-state index in [1.54, 1.807) is 24.3 Å². The van der Waals surface area contributed by atoms with Crippen LogP contribution in [0.15, 0.2) is 48.5 Å². The molecule has 0 aliphatic carbocycles. The van der Waals surface area contributed by atoms with Gasteiger partial charge in [-0.25, -0.2) is 0 Å². The summed E-state index contributed by atoms with van der Waals surface area (Å²) in [4.78, 5) is 37.1. The number of hydrogen-bond acceptors (Lipinski definition) is 5. The Morgan fingerprint density at radius 2 is 1.96 bits per heavy atom. The van der Waals surface area contributed by atoms with Crippen LogP contribution in [-0.2, 0) is 9.59 Å². The smallest absolute Gasteiger partial charge is 0.292 e. The van der Waals surface area contributed by atoms with Crippen LogP contribution in [0, 0.1) is 16.0 Å². The quantitative estimate of drug-likeness (QED) is 0.623. The average Bonchev–Trinajstić information content (AvgIpc) is 3.04. The minimum absolute atomic E-state index is 0.0346. The van der Waals surface area contributed by atoms with Gasteiger partial charge in [0.2, 0.25) is 11.8 Å². The number of anilines is 2. The molecule has 8 heteroatoms. The lowest BCUT2D eigenvalue weighted by molar-refractivity contribution is -0.383. The van der Waals surface area contributed by atoms with Crippen LogP contribution >= 0.6 is 0 Å². The fraction of sp³-hybridized carbons (Fsp3) is 0.263. The summed E-state index contributed by atoms with van der Waals surface area (Å²) in [5.74, 6) is -0.640. The van der Waals surface area contributed by atoms with Crippen LogP contribution in [0.2, 0.25) is 0 Å². The van der Waals surface area contributed by atoms with E-state index in [-0.39, 0.29) is 30.2 Å². The number of rotatable bonds is 6. The highest BCUT2D eigenvalue weighted by molar-refractivity contribution is 6.04. The fourth-order valence-corrected chi connectivity index (χ4v) is 3.05. The fourth-order valence-electron chi connectivity index (χ4n) is 3.05. The Morgan fingerprint density at radius 1 is 1.26 bits per heavy atom. The van der Waals surface area contributed by atoms with Crippen LogP contribution in [0.1, 0.15) is 13.3 Å². The normalized spacial score (nSPS) is 16.3. The number of amides is 2. The summed E-state index contributed by atoms with van der Waals surface area (Å²) in [5.41, 5.74) is 0.548. The summed E-state index contributed by atoms with van der Waals surface area (Å²) < 4.78 is 5.56. The van der Waals surface area contributed by atoms with Gasteiger partial charge in [0.1, 0.15) is 11.4 Å². The molecule has 0 aromatic heterocycles. The first-order chi connectivity index (χ1) is 13.0. The minimum Gasteiger partial charge on any atom is -0.492 e. The lowest BCUT2D eigenvalue weighted by atomic mass is 10.1. The molecule has 1 fully saturated rings. The number of benzene rings is 2. The molecule has 27 heavy (non-hydrogen) atoms. The van der Waals surface area contributed by atoms with Gasteiger partial charge in [-0.2, -0.15) is 0 Å². The molecular weight excluding hydrogens is 350 g/mol. The Kier molecular flexibility index (Phi) is 5.35. The minimum atomic E-state index is -0.605. The highest BCUT2D eigenvalue weighted by Gasteiger charge is 2.36. The average molecular weight is 369 g/mol. The van der Waals surface area contributed by atoms with Gasteiger partial charge in [0.05, 0.1) is 23.1 Å². The molecule has 1 N–H and O–H groups in total. The van der Waals surface area contributed by atoms with Crippen LogP contribution in [0.3, 0.4) is 0 Å². The van der Waals surface area contributed by atoms with Gasteiger partial charge < -0.3 is 15.0 Å². The lowest BCUT2D eigenvalue weighted by Gasteiger charge is -2.20. The molecule has 1 unspecified atom stereocenters. The van der Waals surface area contributed by atoms with E-state index in [2.05, 4.69) is 5.32 Å². The standard InChI is InChI=1S/C19H19N3O5/c1-2-27-17-10-6-5-9-16(17)21-12-13(11-18(21)23)19(24)20-14-7-3-4-8-15(14)22(25)26/h3-10,13H,2,11-12H2,1H3,(H,20,24). The number of nitro benzene ring substituents is 1. The summed E-state index contributed by atoms with van der Waals surface area (Å²) >= 11 is 0. The molecule has 2 aromatic carbocycles. The second kappa shape index (κ2) is 7.86. The predicted molar refractivity (Wildman–Crippen MR) is 99.8 cm³/mol. The van der Waals surface area contributed by atoms with Crippen molar-refractivity contribution >= 4 is 28.9 Å². The highest BCUT2D eigenvalue weighted by Crippen LogP contribution is 2.33. The van der Waals surface area contributed by atoms with Gasteiger partial charge in [-0.05, 0) is 25.1 Å². The van der Waals surface area contributed by atoms with Crippen LogP contribution in [0.25, 0.3) is 0 Å². The molecule has 1 saturated heterocycles. The molecule has 0 saturated carbocycles. The van der Waals surface area contributed by atoms with Gasteiger partial charge >= 0.3 is 0 Å². The van der Waals surface area contributed by atoms with E-state index in [1.165, 1.54) is 23.1 Å². The van der Waals surface area contributed by atoms with E-state index in [0.717, 1.165) is 0 Å². The van der Waals surface area contributed by atoms with E-state index in [4.69, 9.17) is 4.74 Å². The van der Waals surface area contributed by atoms with Crippen molar-refractivity contribution in [2.75, 3.05) is 23.4 Å². The van der Waals surface area contributed by atoms with E-state index in [9.17, 15) is 19.7 Å². The Morgan fingerprint density at radius 3 is 2.70 bits per heavy atom. The van der Waals surface area contributed by atoms with E-state index in [1.807, 2.05) is 13.0 Å². The zero-order chi connectivity index (χ0) is 19.4. The monoisotopic (exact) mass is 369 g/mol. The van der Waals surface area contributed by atoms with E-state index in [0.29, 0.717) is 18.0 Å². The van der Waals surface area contributed by atoms with E-state index < -0.39 is 16.7 Å². The first kappa shape index (κ1) is 18.4. The van der Waals surface area contributed by atoms with Crippen molar-refractivity contribution in [2.24, 2.45) is 5.92 Å². The summed E-state index contributed by atoms with van der Waals surface area (Å²) in [6.45, 7) is 2.50. The van der Waals surface area contributed by atoms with Crippen molar-refractivity contribution in [1.82, 2.24) is 0 Å². The number of para-hydroxylation sites is 4.